The van der Waals surface area contributed by atoms with Crippen LogP contribution in [-0.4, -0.2) is 36.4 Å². The van der Waals surface area contributed by atoms with Crippen molar-refractivity contribution in [3.8, 4) is 5.75 Å². The zero-order valence-corrected chi connectivity index (χ0v) is 15.0. The predicted molar refractivity (Wildman–Crippen MR) is 102 cm³/mol. The van der Waals surface area contributed by atoms with Crippen molar-refractivity contribution in [2.45, 2.75) is 25.3 Å². The maximum absolute atomic E-state index is 12.7. The van der Waals surface area contributed by atoms with E-state index in [-0.39, 0.29) is 24.2 Å². The number of furan rings is 1. The number of carbonyl (C=O) groups is 2. The quantitative estimate of drug-likeness (QED) is 0.769. The number of ether oxygens (including phenoxy) is 1. The van der Waals surface area contributed by atoms with Crippen molar-refractivity contribution < 1.29 is 18.7 Å². The number of carbonyl (C=O) groups excluding carboxylic acids is 2. The van der Waals surface area contributed by atoms with Gasteiger partial charge in [0.15, 0.2) is 0 Å². The van der Waals surface area contributed by atoms with E-state index in [1.807, 2.05) is 35.2 Å². The van der Waals surface area contributed by atoms with Crippen molar-refractivity contribution in [1.29, 1.82) is 0 Å². The van der Waals surface area contributed by atoms with Crippen molar-refractivity contribution in [1.82, 2.24) is 4.90 Å². The lowest BCUT2D eigenvalue weighted by atomic mass is 10.1. The molecule has 0 radical (unpaired) electrons. The number of fused-ring (bicyclic) bond motifs is 3. The molecule has 5 rings (SSSR count). The van der Waals surface area contributed by atoms with Gasteiger partial charge in [0.1, 0.15) is 16.9 Å². The molecule has 6 heteroatoms. The van der Waals surface area contributed by atoms with E-state index in [9.17, 15) is 9.59 Å². The molecule has 0 bridgehead atoms. The highest BCUT2D eigenvalue weighted by Gasteiger charge is 2.41. The van der Waals surface area contributed by atoms with Gasteiger partial charge in [-0.1, -0.05) is 18.2 Å². The average Bonchev–Trinajstić information content (AvgIpc) is 3.34. The molecule has 2 aliphatic rings. The zero-order valence-electron chi connectivity index (χ0n) is 15.0. The Labute approximate surface area is 156 Å². The van der Waals surface area contributed by atoms with Crippen LogP contribution in [0.3, 0.4) is 0 Å². The van der Waals surface area contributed by atoms with Gasteiger partial charge in [-0.25, -0.2) is 0 Å². The van der Waals surface area contributed by atoms with Gasteiger partial charge in [0.05, 0.1) is 18.7 Å². The number of benzene rings is 2. The Bertz CT molecular complexity index is 1070. The molecule has 1 aromatic heterocycles. The second-order valence-corrected chi connectivity index (χ2v) is 7.31. The number of para-hydroxylation sites is 1. The molecule has 6 nitrogen and oxygen atoms in total. The molecule has 2 aromatic carbocycles. The summed E-state index contributed by atoms with van der Waals surface area (Å²) in [7, 11) is 1.58. The third-order valence-corrected chi connectivity index (χ3v) is 5.47. The summed E-state index contributed by atoms with van der Waals surface area (Å²) in [5.41, 5.74) is 2.04. The predicted octanol–water partition coefficient (Wildman–Crippen LogP) is 3.54. The fraction of sp³-hybridized carbons (Fsp3) is 0.333. The number of methoxy groups -OCH3 is 1. The second kappa shape index (κ2) is 6.01. The number of hydrogen-bond acceptors (Lipinski definition) is 4. The number of anilines is 1. The first-order valence-corrected chi connectivity index (χ1v) is 9.23. The van der Waals surface area contributed by atoms with Gasteiger partial charge < -0.3 is 19.4 Å². The van der Waals surface area contributed by atoms with Crippen LogP contribution in [0.15, 0.2) is 40.8 Å². The van der Waals surface area contributed by atoms with Gasteiger partial charge in [-0.05, 0) is 25.0 Å². The van der Waals surface area contributed by atoms with Gasteiger partial charge in [0.25, 0.3) is 0 Å². The van der Waals surface area contributed by atoms with Gasteiger partial charge in [-0.15, -0.1) is 0 Å². The van der Waals surface area contributed by atoms with Gasteiger partial charge in [0, 0.05) is 35.8 Å². The van der Waals surface area contributed by atoms with Crippen LogP contribution in [0.1, 0.15) is 19.3 Å². The smallest absolute Gasteiger partial charge is 0.229 e. The summed E-state index contributed by atoms with van der Waals surface area (Å²) < 4.78 is 11.4. The summed E-state index contributed by atoms with van der Waals surface area (Å²) in [6, 6.07) is 11.8. The molecule has 1 saturated heterocycles. The Morgan fingerprint density at radius 3 is 2.78 bits per heavy atom. The van der Waals surface area contributed by atoms with Crippen LogP contribution in [0.4, 0.5) is 5.69 Å². The highest BCUT2D eigenvalue weighted by atomic mass is 16.5. The second-order valence-electron chi connectivity index (χ2n) is 7.31. The van der Waals surface area contributed by atoms with Crippen molar-refractivity contribution in [3.63, 3.8) is 0 Å². The summed E-state index contributed by atoms with van der Waals surface area (Å²) in [4.78, 5) is 26.7. The Morgan fingerprint density at radius 2 is 2.00 bits per heavy atom. The molecule has 1 saturated carbocycles. The summed E-state index contributed by atoms with van der Waals surface area (Å²) >= 11 is 0. The van der Waals surface area contributed by atoms with Gasteiger partial charge in [0.2, 0.25) is 11.8 Å². The van der Waals surface area contributed by atoms with E-state index >= 15 is 0 Å². The van der Waals surface area contributed by atoms with Crippen molar-refractivity contribution >= 4 is 39.4 Å². The molecule has 2 heterocycles. The fourth-order valence-corrected chi connectivity index (χ4v) is 3.90. The lowest BCUT2D eigenvalue weighted by Gasteiger charge is -2.16. The fourth-order valence-electron chi connectivity index (χ4n) is 3.90. The number of amides is 2. The molecule has 1 atom stereocenters. The summed E-state index contributed by atoms with van der Waals surface area (Å²) in [5, 5.41) is 4.88. The van der Waals surface area contributed by atoms with Gasteiger partial charge in [-0.2, -0.15) is 0 Å². The first kappa shape index (κ1) is 16.2. The van der Waals surface area contributed by atoms with E-state index in [0.29, 0.717) is 29.6 Å². The number of rotatable bonds is 4. The zero-order chi connectivity index (χ0) is 18.5. The number of hydrogen-bond donors (Lipinski definition) is 1. The van der Waals surface area contributed by atoms with E-state index < -0.39 is 0 Å². The number of nitrogens with one attached hydrogen (secondary N) is 1. The molecular formula is C21H20N2O4. The summed E-state index contributed by atoms with van der Waals surface area (Å²) in [6.07, 6.45) is 2.38. The van der Waals surface area contributed by atoms with Crippen LogP contribution < -0.4 is 10.1 Å². The maximum atomic E-state index is 12.7. The van der Waals surface area contributed by atoms with E-state index in [1.165, 1.54) is 0 Å². The molecule has 0 spiro atoms. The number of likely N-dealkylation sites (tertiary alicyclic amines) is 1. The van der Waals surface area contributed by atoms with Crippen LogP contribution in [0.25, 0.3) is 21.9 Å². The van der Waals surface area contributed by atoms with E-state index in [1.54, 1.807) is 13.2 Å². The molecule has 27 heavy (non-hydrogen) atoms. The molecule has 1 N–H and O–H groups in total. The Balaban J connectivity index is 1.44. The maximum Gasteiger partial charge on any atom is 0.229 e. The summed E-state index contributed by atoms with van der Waals surface area (Å²) in [5.74, 6) is 0.178. The SMILES string of the molecule is COc1cc2c(cc1NC(=O)[C@@H]1CC(=O)N(C3CC3)C1)oc1ccccc12. The molecule has 2 fully saturated rings. The van der Waals surface area contributed by atoms with Crippen molar-refractivity contribution in [3.05, 3.63) is 36.4 Å². The highest BCUT2D eigenvalue weighted by Crippen LogP contribution is 2.37. The molecular weight excluding hydrogens is 344 g/mol. The highest BCUT2D eigenvalue weighted by molar-refractivity contribution is 6.08. The molecule has 3 aromatic rings. The standard InChI is InChI=1S/C21H20N2O4/c1-26-19-9-15-14-4-2-3-5-17(14)27-18(15)10-16(19)22-21(25)12-8-20(24)23(11-12)13-6-7-13/h2-5,9-10,12-13H,6-8,11H2,1H3,(H,22,25)/t12-/m1/s1. The molecule has 0 unspecified atom stereocenters. The Kier molecular flexibility index (Phi) is 3.60. The van der Waals surface area contributed by atoms with Crippen LogP contribution in [0, 0.1) is 5.92 Å². The minimum atomic E-state index is -0.325. The lowest BCUT2D eigenvalue weighted by molar-refractivity contribution is -0.128. The van der Waals surface area contributed by atoms with Crippen LogP contribution in [0.2, 0.25) is 0 Å². The van der Waals surface area contributed by atoms with Gasteiger partial charge in [-0.3, -0.25) is 9.59 Å². The lowest BCUT2D eigenvalue weighted by Crippen LogP contribution is -2.29. The van der Waals surface area contributed by atoms with Crippen LogP contribution in [0.5, 0.6) is 5.75 Å². The molecule has 2 amide bonds. The average molecular weight is 364 g/mol. The van der Waals surface area contributed by atoms with Crippen LogP contribution >= 0.6 is 0 Å². The first-order chi connectivity index (χ1) is 13.1. The Hall–Kier alpha value is -3.02. The third kappa shape index (κ3) is 2.72. The first-order valence-electron chi connectivity index (χ1n) is 9.23. The molecule has 1 aliphatic heterocycles. The number of nitrogens with zero attached hydrogens (tertiary/aromatic N) is 1. The summed E-state index contributed by atoms with van der Waals surface area (Å²) in [6.45, 7) is 0.504. The van der Waals surface area contributed by atoms with E-state index in [2.05, 4.69) is 5.32 Å². The minimum absolute atomic E-state index is 0.0809. The minimum Gasteiger partial charge on any atom is -0.495 e. The van der Waals surface area contributed by atoms with Crippen molar-refractivity contribution in [2.75, 3.05) is 19.0 Å². The van der Waals surface area contributed by atoms with Crippen LogP contribution in [-0.2, 0) is 9.59 Å². The molecule has 1 aliphatic carbocycles. The Morgan fingerprint density at radius 1 is 1.19 bits per heavy atom. The third-order valence-electron chi connectivity index (χ3n) is 5.47. The van der Waals surface area contributed by atoms with E-state index in [0.717, 1.165) is 29.2 Å². The van der Waals surface area contributed by atoms with E-state index in [4.69, 9.17) is 9.15 Å². The normalized spacial score (nSPS) is 19.8. The van der Waals surface area contributed by atoms with Crippen molar-refractivity contribution in [2.24, 2.45) is 5.92 Å². The van der Waals surface area contributed by atoms with Gasteiger partial charge >= 0.3 is 0 Å². The largest absolute Gasteiger partial charge is 0.495 e. The molecule has 138 valence electrons. The monoisotopic (exact) mass is 364 g/mol. The topological polar surface area (TPSA) is 71.8 Å².